The van der Waals surface area contributed by atoms with Crippen LogP contribution in [0.15, 0.2) is 42.5 Å². The van der Waals surface area contributed by atoms with Crippen LogP contribution in [0.1, 0.15) is 112 Å². The number of nitrogens with one attached hydrogen (secondary N) is 2. The second-order valence-electron chi connectivity index (χ2n) is 19.4. The summed E-state index contributed by atoms with van der Waals surface area (Å²) in [4.78, 5) is 112. The van der Waals surface area contributed by atoms with Crippen molar-refractivity contribution in [2.24, 2.45) is 23.2 Å². The number of ether oxygens (including phenoxy) is 2. The third kappa shape index (κ3) is 14.7. The summed E-state index contributed by atoms with van der Waals surface area (Å²) < 4.78 is 12.0. The normalized spacial score (nSPS) is 18.3. The van der Waals surface area contributed by atoms with E-state index in [0.29, 0.717) is 45.1 Å². The van der Waals surface area contributed by atoms with Gasteiger partial charge >= 0.3 is 5.97 Å². The van der Waals surface area contributed by atoms with Gasteiger partial charge in [-0.3, -0.25) is 38.5 Å². The summed E-state index contributed by atoms with van der Waals surface area (Å²) in [6, 6.07) is 4.91. The Morgan fingerprint density at radius 2 is 1.49 bits per heavy atom. The molecule has 0 aromatic heterocycles. The Hall–Kier alpha value is -5.16. The molecule has 2 aliphatic rings. The first-order valence-electron chi connectivity index (χ1n) is 23.8. The molecule has 1 saturated heterocycles. The van der Waals surface area contributed by atoms with Crippen molar-refractivity contribution < 1.29 is 52.9 Å². The number of likely N-dealkylation sites (N-methyl/N-ethyl adjacent to an activating group) is 2. The number of hydrogen-bond donors (Lipinski definition) is 3. The second kappa shape index (κ2) is 25.8. The van der Waals surface area contributed by atoms with E-state index in [1.807, 2.05) is 47.6 Å². The lowest BCUT2D eigenvalue weighted by Crippen LogP contribution is -2.60. The summed E-state index contributed by atoms with van der Waals surface area (Å²) in [5.74, 6) is -4.49. The van der Waals surface area contributed by atoms with Gasteiger partial charge in [-0.15, -0.1) is 0 Å². The van der Waals surface area contributed by atoms with Crippen LogP contribution in [0.25, 0.3) is 0 Å². The maximum Gasteiger partial charge on any atom is 0.326 e. The minimum absolute atomic E-state index is 0.0897. The number of aliphatic carboxylic acids is 1. The molecule has 1 fully saturated rings. The number of benzene rings is 1. The highest BCUT2D eigenvalue weighted by Crippen LogP contribution is 2.35. The molecule has 0 saturated carbocycles. The molecule has 67 heavy (non-hydrogen) atoms. The molecule has 374 valence electrons. The molecule has 0 bridgehead atoms. The average Bonchev–Trinajstić information content (AvgIpc) is 3.89. The SMILES string of the molecule is CC[C@H](C)[C@@H]([C@@H](CC(=O)N1CCC[C@H]1[C@H](OC)C(C)(C)C(=O)N[C@@H](Cc1ccccc1)C(=O)O)OC)N(C)C(=O)[C@@H](NC(=O)[C@H](C(C)C)N(C)C(=O)CCCCCN1C(=O)C=CC1=O)C(C)C. The predicted molar refractivity (Wildman–Crippen MR) is 253 cm³/mol. The molecule has 17 nitrogen and oxygen atoms in total. The van der Waals surface area contributed by atoms with E-state index in [1.165, 1.54) is 36.2 Å². The molecular weight excluding hydrogens is 861 g/mol. The zero-order valence-electron chi connectivity index (χ0n) is 41.9. The van der Waals surface area contributed by atoms with Crippen LogP contribution in [0.4, 0.5) is 0 Å². The van der Waals surface area contributed by atoms with Crippen molar-refractivity contribution in [2.75, 3.05) is 41.4 Å². The second-order valence-corrected chi connectivity index (χ2v) is 19.4. The summed E-state index contributed by atoms with van der Waals surface area (Å²) >= 11 is 0. The number of unbranched alkanes of at least 4 members (excludes halogenated alkanes) is 2. The van der Waals surface area contributed by atoms with Crippen molar-refractivity contribution in [3.8, 4) is 0 Å². The number of hydrogen-bond acceptors (Lipinski definition) is 10. The van der Waals surface area contributed by atoms with Gasteiger partial charge in [-0.25, -0.2) is 4.79 Å². The smallest absolute Gasteiger partial charge is 0.326 e. The molecule has 0 aliphatic carbocycles. The summed E-state index contributed by atoms with van der Waals surface area (Å²) in [5, 5.41) is 15.7. The molecular formula is C50H78N6O11. The van der Waals surface area contributed by atoms with Crippen LogP contribution in [-0.4, -0.2) is 156 Å². The van der Waals surface area contributed by atoms with Gasteiger partial charge in [0.1, 0.15) is 18.1 Å². The Morgan fingerprint density at radius 1 is 0.866 bits per heavy atom. The zero-order valence-corrected chi connectivity index (χ0v) is 41.9. The van der Waals surface area contributed by atoms with Crippen LogP contribution in [0.3, 0.4) is 0 Å². The molecule has 3 N–H and O–H groups in total. The van der Waals surface area contributed by atoms with E-state index in [4.69, 9.17) is 9.47 Å². The van der Waals surface area contributed by atoms with Gasteiger partial charge in [0.05, 0.1) is 36.1 Å². The van der Waals surface area contributed by atoms with Gasteiger partial charge in [-0.05, 0) is 62.8 Å². The summed E-state index contributed by atoms with van der Waals surface area (Å²) in [6.45, 7) is 15.4. The van der Waals surface area contributed by atoms with E-state index in [1.54, 1.807) is 62.0 Å². The highest BCUT2D eigenvalue weighted by molar-refractivity contribution is 6.12. The minimum Gasteiger partial charge on any atom is -0.480 e. The number of carboxylic acid groups (broad SMARTS) is 1. The van der Waals surface area contributed by atoms with Gasteiger partial charge in [0.25, 0.3) is 11.8 Å². The lowest BCUT2D eigenvalue weighted by molar-refractivity contribution is -0.152. The molecule has 8 atom stereocenters. The molecule has 3 rings (SSSR count). The number of methoxy groups -OCH3 is 2. The number of imide groups is 1. The highest BCUT2D eigenvalue weighted by atomic mass is 16.5. The van der Waals surface area contributed by atoms with Crippen LogP contribution >= 0.6 is 0 Å². The Bertz CT molecular complexity index is 1890. The van der Waals surface area contributed by atoms with E-state index < -0.39 is 65.6 Å². The topological polar surface area (TPSA) is 212 Å². The zero-order chi connectivity index (χ0) is 50.3. The van der Waals surface area contributed by atoms with Crippen molar-refractivity contribution in [1.29, 1.82) is 0 Å². The highest BCUT2D eigenvalue weighted by Gasteiger charge is 2.48. The number of rotatable bonds is 27. The number of nitrogens with zero attached hydrogens (tertiary/aromatic N) is 4. The number of carbonyl (C=O) groups is 8. The summed E-state index contributed by atoms with van der Waals surface area (Å²) in [6.07, 6.45) is 4.61. The Morgan fingerprint density at radius 3 is 2.03 bits per heavy atom. The van der Waals surface area contributed by atoms with Crippen molar-refractivity contribution in [3.05, 3.63) is 48.0 Å². The number of likely N-dealkylation sites (tertiary alicyclic amines) is 1. The van der Waals surface area contributed by atoms with E-state index in [-0.39, 0.29) is 73.1 Å². The van der Waals surface area contributed by atoms with Gasteiger partial charge in [-0.1, -0.05) is 84.7 Å². The monoisotopic (exact) mass is 939 g/mol. The molecule has 0 spiro atoms. The van der Waals surface area contributed by atoms with Crippen molar-refractivity contribution in [1.82, 2.24) is 30.2 Å². The lowest BCUT2D eigenvalue weighted by Gasteiger charge is -2.42. The summed E-state index contributed by atoms with van der Waals surface area (Å²) in [5.41, 5.74) is -0.488. The fraction of sp³-hybridized carbons (Fsp3) is 0.680. The lowest BCUT2D eigenvalue weighted by atomic mass is 9.80. The molecule has 1 aromatic rings. The molecule has 2 aliphatic heterocycles. The quantitative estimate of drug-likeness (QED) is 0.0840. The van der Waals surface area contributed by atoms with E-state index in [0.717, 1.165) is 5.56 Å². The molecule has 2 heterocycles. The fourth-order valence-electron chi connectivity index (χ4n) is 9.50. The first kappa shape index (κ1) is 56.2. The Kier molecular flexibility index (Phi) is 21.7. The maximum atomic E-state index is 14.6. The van der Waals surface area contributed by atoms with Crippen molar-refractivity contribution >= 4 is 47.3 Å². The minimum atomic E-state index is -1.25. The third-order valence-corrected chi connectivity index (χ3v) is 13.6. The largest absolute Gasteiger partial charge is 0.480 e. The molecule has 0 radical (unpaired) electrons. The molecule has 0 unspecified atom stereocenters. The van der Waals surface area contributed by atoms with Gasteiger partial charge < -0.3 is 39.9 Å². The first-order valence-corrected chi connectivity index (χ1v) is 23.8. The van der Waals surface area contributed by atoms with Crippen LogP contribution in [-0.2, 0) is 54.3 Å². The van der Waals surface area contributed by atoms with Gasteiger partial charge in [0, 0.05) is 66.4 Å². The van der Waals surface area contributed by atoms with Crippen LogP contribution in [0.2, 0.25) is 0 Å². The average molecular weight is 939 g/mol. The number of carboxylic acids is 1. The molecule has 17 heteroatoms. The summed E-state index contributed by atoms with van der Waals surface area (Å²) in [7, 11) is 6.21. The predicted octanol–water partition coefficient (Wildman–Crippen LogP) is 4.22. The van der Waals surface area contributed by atoms with Gasteiger partial charge in [-0.2, -0.15) is 0 Å². The van der Waals surface area contributed by atoms with Crippen molar-refractivity contribution in [2.45, 2.75) is 156 Å². The Labute approximate surface area is 397 Å². The molecule has 7 amide bonds. The van der Waals surface area contributed by atoms with Crippen LogP contribution in [0.5, 0.6) is 0 Å². The van der Waals surface area contributed by atoms with Crippen molar-refractivity contribution in [3.63, 3.8) is 0 Å². The first-order chi connectivity index (χ1) is 31.5. The van der Waals surface area contributed by atoms with E-state index in [2.05, 4.69) is 10.6 Å². The van der Waals surface area contributed by atoms with Gasteiger partial charge in [0.2, 0.25) is 29.5 Å². The van der Waals surface area contributed by atoms with Gasteiger partial charge in [0.15, 0.2) is 0 Å². The Balaban J connectivity index is 1.74. The van der Waals surface area contributed by atoms with E-state index in [9.17, 15) is 43.5 Å². The standard InChI is InChI=1S/C50H78N6O11/c1-13-33(6)44(54(10)47(62)42(31(2)3)52-46(61)43(32(4)5)53(9)38(57)24-18-15-19-27-56-39(58)25-26-40(56)59)37(66-11)30-41(60)55-28-20-23-36(55)45(67-12)50(7,8)49(65)51-35(48(63)64)29-34-21-16-14-17-22-34/h14,16-17,21-22,25-26,31-33,35-37,42-45H,13,15,18-20,23-24,27-30H2,1-12H3,(H,51,65)(H,52,61)(H,63,64)/t33-,35-,36-,37+,42-,43-,44-,45-/m0/s1. The number of amides is 7. The van der Waals surface area contributed by atoms with E-state index >= 15 is 0 Å². The number of carbonyl (C=O) groups excluding carboxylic acids is 7. The third-order valence-electron chi connectivity index (χ3n) is 13.6. The van der Waals surface area contributed by atoms with Crippen LogP contribution < -0.4 is 10.6 Å². The fourth-order valence-corrected chi connectivity index (χ4v) is 9.50. The maximum absolute atomic E-state index is 14.6. The van der Waals surface area contributed by atoms with Crippen LogP contribution in [0, 0.1) is 23.2 Å². The molecule has 1 aromatic carbocycles.